The van der Waals surface area contributed by atoms with E-state index in [2.05, 4.69) is 5.32 Å². The number of benzene rings is 2. The van der Waals surface area contributed by atoms with Gasteiger partial charge in [0.05, 0.1) is 15.5 Å². The highest BCUT2D eigenvalue weighted by molar-refractivity contribution is 7.89. The van der Waals surface area contributed by atoms with E-state index in [0.29, 0.717) is 31.6 Å². The molecule has 0 atom stereocenters. The molecule has 1 saturated heterocycles. The highest BCUT2D eigenvalue weighted by Gasteiger charge is 2.44. The van der Waals surface area contributed by atoms with Crippen molar-refractivity contribution >= 4 is 33.2 Å². The van der Waals surface area contributed by atoms with Gasteiger partial charge in [-0.1, -0.05) is 17.7 Å². The summed E-state index contributed by atoms with van der Waals surface area (Å²) in [4.78, 5) is 12.5. The lowest BCUT2D eigenvalue weighted by atomic mass is 9.86. The van der Waals surface area contributed by atoms with Crippen molar-refractivity contribution in [3.05, 3.63) is 58.4 Å². The van der Waals surface area contributed by atoms with Gasteiger partial charge in [-0.15, -0.1) is 0 Å². The highest BCUT2D eigenvalue weighted by atomic mass is 35.5. The summed E-state index contributed by atoms with van der Waals surface area (Å²) in [6.45, 7) is -0.569. The van der Waals surface area contributed by atoms with Crippen molar-refractivity contribution in [2.24, 2.45) is 5.92 Å². The molecular weight excluding hydrogens is 486 g/mol. The molecule has 1 aliphatic heterocycles. The molecule has 0 bridgehead atoms. The number of hydrogen-bond donors (Lipinski definition) is 2. The largest absolute Gasteiger partial charge is 0.390 e. The van der Waals surface area contributed by atoms with E-state index in [1.807, 2.05) is 0 Å². The Kier molecular flexibility index (Phi) is 7.28. The van der Waals surface area contributed by atoms with Crippen molar-refractivity contribution in [1.29, 1.82) is 0 Å². The minimum absolute atomic E-state index is 0.0198. The predicted molar refractivity (Wildman–Crippen MR) is 126 cm³/mol. The maximum Gasteiger partial charge on any atom is 0.255 e. The van der Waals surface area contributed by atoms with Gasteiger partial charge in [-0.3, -0.25) is 4.79 Å². The van der Waals surface area contributed by atoms with E-state index in [1.165, 1.54) is 34.6 Å². The molecule has 0 radical (unpaired) electrons. The van der Waals surface area contributed by atoms with Crippen molar-refractivity contribution in [2.75, 3.05) is 18.4 Å². The Morgan fingerprint density at radius 2 is 1.82 bits per heavy atom. The van der Waals surface area contributed by atoms with E-state index >= 15 is 0 Å². The van der Waals surface area contributed by atoms with Gasteiger partial charge in [-0.05, 0) is 74.8 Å². The fourth-order valence-electron chi connectivity index (χ4n) is 4.59. The van der Waals surface area contributed by atoms with E-state index in [-0.39, 0.29) is 39.8 Å². The van der Waals surface area contributed by atoms with Crippen LogP contribution in [-0.4, -0.2) is 42.4 Å². The first-order chi connectivity index (χ1) is 16.1. The standard InChI is InChI=1S/C24H27ClF2N2O4S/c25-20-14-19(7-8-21(20)27)28-23(30)16-3-4-17(15-26)22(13-16)34(32,33)29-11-1-9-24(31,10-2-12-29)18-5-6-18/h3-4,7-8,13-14,18,31H,1-2,5-6,9-12,15H2,(H,28,30). The first kappa shape index (κ1) is 25.0. The average molecular weight is 513 g/mol. The maximum atomic E-state index is 13.7. The first-order valence-electron chi connectivity index (χ1n) is 11.3. The third kappa shape index (κ3) is 5.27. The molecule has 2 fully saturated rings. The zero-order chi connectivity index (χ0) is 24.5. The molecular formula is C24H27ClF2N2O4S. The Labute approximate surface area is 203 Å². The van der Waals surface area contributed by atoms with Gasteiger partial charge in [0.15, 0.2) is 0 Å². The number of carbonyl (C=O) groups excluding carboxylic acids is 1. The predicted octanol–water partition coefficient (Wildman–Crippen LogP) is 4.91. The number of sulfonamides is 1. The van der Waals surface area contributed by atoms with E-state index in [9.17, 15) is 27.1 Å². The Hall–Kier alpha value is -2.07. The Balaban J connectivity index is 1.55. The van der Waals surface area contributed by atoms with Crippen LogP contribution in [0.15, 0.2) is 41.3 Å². The van der Waals surface area contributed by atoms with Crippen LogP contribution < -0.4 is 5.32 Å². The second kappa shape index (κ2) is 9.89. The van der Waals surface area contributed by atoms with Crippen LogP contribution in [0, 0.1) is 11.7 Å². The molecule has 2 aromatic rings. The van der Waals surface area contributed by atoms with E-state index < -0.39 is 34.0 Å². The molecule has 2 aromatic carbocycles. The number of amides is 1. The number of rotatable bonds is 6. The number of aliphatic hydroxyl groups is 1. The first-order valence-corrected chi connectivity index (χ1v) is 13.1. The van der Waals surface area contributed by atoms with Crippen molar-refractivity contribution in [3.8, 4) is 0 Å². The minimum Gasteiger partial charge on any atom is -0.390 e. The van der Waals surface area contributed by atoms with Gasteiger partial charge in [-0.2, -0.15) is 4.31 Å². The van der Waals surface area contributed by atoms with Crippen LogP contribution >= 0.6 is 11.6 Å². The minimum atomic E-state index is -4.07. The molecule has 1 heterocycles. The molecule has 0 aromatic heterocycles. The second-order valence-electron chi connectivity index (χ2n) is 9.03. The molecule has 0 unspecified atom stereocenters. The van der Waals surface area contributed by atoms with Crippen molar-refractivity contribution in [1.82, 2.24) is 4.31 Å². The second-order valence-corrected chi connectivity index (χ2v) is 11.3. The van der Waals surface area contributed by atoms with E-state index in [0.717, 1.165) is 18.9 Å². The molecule has 2 N–H and O–H groups in total. The molecule has 34 heavy (non-hydrogen) atoms. The van der Waals surface area contributed by atoms with Crippen molar-refractivity contribution in [3.63, 3.8) is 0 Å². The van der Waals surface area contributed by atoms with Crippen LogP contribution in [0.5, 0.6) is 0 Å². The summed E-state index contributed by atoms with van der Waals surface area (Å²) in [6.07, 6.45) is 4.09. The summed E-state index contributed by atoms with van der Waals surface area (Å²) in [5, 5.41) is 13.2. The van der Waals surface area contributed by atoms with Crippen LogP contribution in [-0.2, 0) is 16.7 Å². The number of nitrogens with zero attached hydrogens (tertiary/aromatic N) is 1. The zero-order valence-corrected chi connectivity index (χ0v) is 20.1. The van der Waals surface area contributed by atoms with E-state index in [1.54, 1.807) is 0 Å². The van der Waals surface area contributed by atoms with Crippen LogP contribution in [0.2, 0.25) is 5.02 Å². The third-order valence-corrected chi connectivity index (χ3v) is 8.91. The van der Waals surface area contributed by atoms with Gasteiger partial charge in [-0.25, -0.2) is 17.2 Å². The SMILES string of the molecule is O=C(Nc1ccc(F)c(Cl)c1)c1ccc(CF)c(S(=O)(=O)N2CCCC(O)(C3CC3)CCC2)c1. The van der Waals surface area contributed by atoms with Gasteiger partial charge < -0.3 is 10.4 Å². The lowest BCUT2D eigenvalue weighted by Crippen LogP contribution is -2.40. The molecule has 10 heteroatoms. The summed E-state index contributed by atoms with van der Waals surface area (Å²) in [5.41, 5.74) is -0.493. The summed E-state index contributed by atoms with van der Waals surface area (Å²) >= 11 is 5.75. The van der Waals surface area contributed by atoms with Crippen molar-refractivity contribution in [2.45, 2.75) is 55.7 Å². The van der Waals surface area contributed by atoms with Gasteiger partial charge in [0, 0.05) is 29.9 Å². The fraction of sp³-hybridized carbons (Fsp3) is 0.458. The summed E-state index contributed by atoms with van der Waals surface area (Å²) in [6, 6.07) is 7.48. The number of carbonyl (C=O) groups is 1. The molecule has 1 saturated carbocycles. The zero-order valence-electron chi connectivity index (χ0n) is 18.6. The normalized spacial score (nSPS) is 19.3. The molecule has 2 aliphatic rings. The summed E-state index contributed by atoms with van der Waals surface area (Å²) < 4.78 is 55.3. The van der Waals surface area contributed by atoms with Gasteiger partial charge >= 0.3 is 0 Å². The van der Waals surface area contributed by atoms with Crippen molar-refractivity contribution < 1.29 is 27.1 Å². The van der Waals surface area contributed by atoms with Gasteiger partial charge in [0.25, 0.3) is 5.91 Å². The third-order valence-electron chi connectivity index (χ3n) is 6.64. The average Bonchev–Trinajstić information content (AvgIpc) is 3.64. The number of anilines is 1. The lowest BCUT2D eigenvalue weighted by Gasteiger charge is -2.33. The molecule has 1 amide bonds. The molecule has 0 spiro atoms. The maximum absolute atomic E-state index is 13.7. The quantitative estimate of drug-likeness (QED) is 0.576. The van der Waals surface area contributed by atoms with Crippen LogP contribution in [0.1, 0.15) is 54.4 Å². The number of nitrogens with one attached hydrogen (secondary N) is 1. The van der Waals surface area contributed by atoms with Crippen LogP contribution in [0.25, 0.3) is 0 Å². The number of hydrogen-bond acceptors (Lipinski definition) is 4. The molecule has 1 aliphatic carbocycles. The topological polar surface area (TPSA) is 86.7 Å². The highest BCUT2D eigenvalue weighted by Crippen LogP contribution is 2.45. The summed E-state index contributed by atoms with van der Waals surface area (Å²) in [7, 11) is -4.07. The molecule has 184 valence electrons. The Morgan fingerprint density at radius 1 is 1.15 bits per heavy atom. The van der Waals surface area contributed by atoms with Gasteiger partial charge in [0.1, 0.15) is 12.5 Å². The van der Waals surface area contributed by atoms with Gasteiger partial charge in [0.2, 0.25) is 10.0 Å². The fourth-order valence-corrected chi connectivity index (χ4v) is 6.52. The lowest BCUT2D eigenvalue weighted by molar-refractivity contribution is -0.00950. The Bertz CT molecular complexity index is 1180. The Morgan fingerprint density at radius 3 is 2.41 bits per heavy atom. The smallest absolute Gasteiger partial charge is 0.255 e. The van der Waals surface area contributed by atoms with E-state index in [4.69, 9.17) is 11.6 Å². The number of alkyl halides is 1. The van der Waals surface area contributed by atoms with Crippen LogP contribution in [0.3, 0.4) is 0 Å². The molecule has 6 nitrogen and oxygen atoms in total. The van der Waals surface area contributed by atoms with Crippen LogP contribution in [0.4, 0.5) is 14.5 Å². The molecule has 4 rings (SSSR count). The number of halogens is 3. The summed E-state index contributed by atoms with van der Waals surface area (Å²) in [5.74, 6) is -0.962. The monoisotopic (exact) mass is 512 g/mol.